The number of nitrogens with zero attached hydrogens (tertiary/aromatic N) is 4. The van der Waals surface area contributed by atoms with Crippen LogP contribution in [0.25, 0.3) is 0 Å². The molecular formula is C16H24N4O3. The molecule has 1 unspecified atom stereocenters. The minimum absolute atomic E-state index is 0.0160. The third kappa shape index (κ3) is 3.85. The molecule has 7 nitrogen and oxygen atoms in total. The number of aromatic nitrogens is 2. The minimum Gasteiger partial charge on any atom is -0.383 e. The van der Waals surface area contributed by atoms with Gasteiger partial charge in [0.1, 0.15) is 5.69 Å². The standard InChI is InChI=1S/C16H24N4O3/c1-22-8-6-19-5-2-16(11-19)12-20(7-9-23-13-16)15(21)14-10-17-3-4-18-14/h3-4,10H,2,5-9,11-13H2,1H3. The van der Waals surface area contributed by atoms with E-state index in [1.54, 1.807) is 19.5 Å². The first kappa shape index (κ1) is 16.3. The molecule has 126 valence electrons. The molecule has 1 amide bonds. The summed E-state index contributed by atoms with van der Waals surface area (Å²) in [6.07, 6.45) is 5.70. The predicted molar refractivity (Wildman–Crippen MR) is 84.1 cm³/mol. The van der Waals surface area contributed by atoms with Crippen molar-refractivity contribution in [3.8, 4) is 0 Å². The van der Waals surface area contributed by atoms with Gasteiger partial charge in [0.2, 0.25) is 0 Å². The van der Waals surface area contributed by atoms with Crippen LogP contribution in [0.1, 0.15) is 16.9 Å². The summed E-state index contributed by atoms with van der Waals surface area (Å²) in [7, 11) is 1.72. The van der Waals surface area contributed by atoms with Crippen LogP contribution in [0.5, 0.6) is 0 Å². The molecule has 1 aromatic heterocycles. The lowest BCUT2D eigenvalue weighted by atomic mass is 9.87. The van der Waals surface area contributed by atoms with Gasteiger partial charge in [0.25, 0.3) is 5.91 Å². The molecule has 1 aromatic rings. The van der Waals surface area contributed by atoms with E-state index in [-0.39, 0.29) is 11.3 Å². The third-order valence-corrected chi connectivity index (χ3v) is 4.64. The second-order valence-corrected chi connectivity index (χ2v) is 6.39. The molecule has 0 aliphatic carbocycles. The number of methoxy groups -OCH3 is 1. The average Bonchev–Trinajstić information content (AvgIpc) is 2.86. The Morgan fingerprint density at radius 1 is 1.39 bits per heavy atom. The predicted octanol–water partition coefficient (Wildman–Crippen LogP) is 0.288. The second-order valence-electron chi connectivity index (χ2n) is 6.39. The Morgan fingerprint density at radius 3 is 3.09 bits per heavy atom. The Morgan fingerprint density at radius 2 is 2.30 bits per heavy atom. The molecule has 7 heteroatoms. The fourth-order valence-corrected chi connectivity index (χ4v) is 3.42. The van der Waals surface area contributed by atoms with Crippen LogP contribution < -0.4 is 0 Å². The van der Waals surface area contributed by atoms with Crippen molar-refractivity contribution in [2.45, 2.75) is 6.42 Å². The molecular weight excluding hydrogens is 296 g/mol. The van der Waals surface area contributed by atoms with Crippen LogP contribution in [0.3, 0.4) is 0 Å². The summed E-state index contributed by atoms with van der Waals surface area (Å²) in [5.41, 5.74) is 0.418. The lowest BCUT2D eigenvalue weighted by Gasteiger charge is -2.31. The quantitative estimate of drug-likeness (QED) is 0.794. The molecule has 0 aromatic carbocycles. The van der Waals surface area contributed by atoms with E-state index >= 15 is 0 Å². The van der Waals surface area contributed by atoms with Gasteiger partial charge < -0.3 is 19.3 Å². The molecule has 23 heavy (non-hydrogen) atoms. The Labute approximate surface area is 136 Å². The Balaban J connectivity index is 1.68. The number of ether oxygens (including phenoxy) is 2. The van der Waals surface area contributed by atoms with Gasteiger partial charge in [-0.15, -0.1) is 0 Å². The number of likely N-dealkylation sites (tertiary alicyclic amines) is 1. The van der Waals surface area contributed by atoms with E-state index in [4.69, 9.17) is 9.47 Å². The van der Waals surface area contributed by atoms with Gasteiger partial charge in [-0.1, -0.05) is 0 Å². The summed E-state index contributed by atoms with van der Waals surface area (Å²) in [5.74, 6) is -0.0571. The molecule has 3 rings (SSSR count). The molecule has 2 saturated heterocycles. The maximum absolute atomic E-state index is 12.7. The molecule has 2 fully saturated rings. The van der Waals surface area contributed by atoms with Crippen molar-refractivity contribution in [2.24, 2.45) is 5.41 Å². The lowest BCUT2D eigenvalue weighted by molar-refractivity contribution is 0.0626. The van der Waals surface area contributed by atoms with Crippen molar-refractivity contribution in [3.63, 3.8) is 0 Å². The SMILES string of the molecule is COCCN1CCC2(COCCN(C(=O)c3cnccn3)C2)C1. The van der Waals surface area contributed by atoms with Crippen LogP contribution in [0.2, 0.25) is 0 Å². The maximum atomic E-state index is 12.7. The maximum Gasteiger partial charge on any atom is 0.274 e. The number of amides is 1. The van der Waals surface area contributed by atoms with Crippen LogP contribution in [-0.2, 0) is 9.47 Å². The topological polar surface area (TPSA) is 67.8 Å². The summed E-state index contributed by atoms with van der Waals surface area (Å²) in [6, 6.07) is 0. The normalized spacial score (nSPS) is 25.7. The summed E-state index contributed by atoms with van der Waals surface area (Å²) < 4.78 is 11.0. The van der Waals surface area contributed by atoms with E-state index in [9.17, 15) is 4.79 Å². The van der Waals surface area contributed by atoms with Crippen molar-refractivity contribution < 1.29 is 14.3 Å². The van der Waals surface area contributed by atoms with Gasteiger partial charge in [-0.25, -0.2) is 4.98 Å². The Kier molecular flexibility index (Phi) is 5.20. The van der Waals surface area contributed by atoms with E-state index in [2.05, 4.69) is 14.9 Å². The smallest absolute Gasteiger partial charge is 0.274 e. The lowest BCUT2D eigenvalue weighted by Crippen LogP contribution is -2.43. The van der Waals surface area contributed by atoms with Gasteiger partial charge in [-0.05, 0) is 13.0 Å². The zero-order valence-electron chi connectivity index (χ0n) is 13.6. The number of hydrogen-bond acceptors (Lipinski definition) is 6. The number of carbonyl (C=O) groups is 1. The fourth-order valence-electron chi connectivity index (χ4n) is 3.42. The van der Waals surface area contributed by atoms with Gasteiger partial charge in [-0.2, -0.15) is 0 Å². The Bertz CT molecular complexity index is 527. The molecule has 0 bridgehead atoms. The van der Waals surface area contributed by atoms with E-state index in [0.29, 0.717) is 32.0 Å². The summed E-state index contributed by atoms with van der Waals surface area (Å²) in [6.45, 7) is 6.24. The number of rotatable bonds is 4. The fraction of sp³-hybridized carbons (Fsp3) is 0.688. The van der Waals surface area contributed by atoms with Crippen LogP contribution in [0.15, 0.2) is 18.6 Å². The molecule has 2 aliphatic heterocycles. The van der Waals surface area contributed by atoms with Crippen molar-refractivity contribution >= 4 is 5.91 Å². The van der Waals surface area contributed by atoms with Crippen molar-refractivity contribution in [1.29, 1.82) is 0 Å². The highest BCUT2D eigenvalue weighted by molar-refractivity contribution is 5.92. The van der Waals surface area contributed by atoms with E-state index in [1.807, 2.05) is 4.90 Å². The van der Waals surface area contributed by atoms with Gasteiger partial charge in [-0.3, -0.25) is 9.78 Å². The summed E-state index contributed by atoms with van der Waals surface area (Å²) >= 11 is 0. The molecule has 0 saturated carbocycles. The summed E-state index contributed by atoms with van der Waals surface area (Å²) in [4.78, 5) is 25.1. The first-order valence-electron chi connectivity index (χ1n) is 8.07. The van der Waals surface area contributed by atoms with E-state index < -0.39 is 0 Å². The highest BCUT2D eigenvalue weighted by Crippen LogP contribution is 2.33. The Hall–Kier alpha value is -1.57. The molecule has 2 aliphatic rings. The van der Waals surface area contributed by atoms with Crippen LogP contribution in [-0.4, -0.2) is 85.3 Å². The van der Waals surface area contributed by atoms with Gasteiger partial charge in [0, 0.05) is 51.1 Å². The molecule has 3 heterocycles. The number of carbonyl (C=O) groups excluding carboxylic acids is 1. The van der Waals surface area contributed by atoms with E-state index in [1.165, 1.54) is 6.20 Å². The summed E-state index contributed by atoms with van der Waals surface area (Å²) in [5, 5.41) is 0. The second kappa shape index (κ2) is 7.33. The molecule has 1 atom stereocenters. The monoisotopic (exact) mass is 320 g/mol. The van der Waals surface area contributed by atoms with Crippen molar-refractivity contribution in [1.82, 2.24) is 19.8 Å². The zero-order valence-corrected chi connectivity index (χ0v) is 13.6. The van der Waals surface area contributed by atoms with E-state index in [0.717, 1.165) is 32.7 Å². The van der Waals surface area contributed by atoms with Gasteiger partial charge in [0.15, 0.2) is 0 Å². The first-order valence-corrected chi connectivity index (χ1v) is 8.07. The average molecular weight is 320 g/mol. The van der Waals surface area contributed by atoms with Crippen LogP contribution in [0.4, 0.5) is 0 Å². The molecule has 0 radical (unpaired) electrons. The van der Waals surface area contributed by atoms with Crippen LogP contribution in [0, 0.1) is 5.41 Å². The van der Waals surface area contributed by atoms with Crippen molar-refractivity contribution in [2.75, 3.05) is 59.7 Å². The molecule has 1 spiro atoms. The molecule has 0 N–H and O–H groups in total. The van der Waals surface area contributed by atoms with Crippen molar-refractivity contribution in [3.05, 3.63) is 24.3 Å². The first-order chi connectivity index (χ1) is 11.2. The third-order valence-electron chi connectivity index (χ3n) is 4.64. The highest BCUT2D eigenvalue weighted by Gasteiger charge is 2.42. The van der Waals surface area contributed by atoms with Gasteiger partial charge >= 0.3 is 0 Å². The minimum atomic E-state index is -0.0571. The largest absolute Gasteiger partial charge is 0.383 e. The highest BCUT2D eigenvalue weighted by atomic mass is 16.5. The number of hydrogen-bond donors (Lipinski definition) is 0. The van der Waals surface area contributed by atoms with Crippen LogP contribution >= 0.6 is 0 Å². The van der Waals surface area contributed by atoms with Gasteiger partial charge in [0.05, 0.1) is 26.0 Å². The zero-order chi connectivity index (χ0) is 16.1.